The highest BCUT2D eigenvalue weighted by molar-refractivity contribution is 7.99. The van der Waals surface area contributed by atoms with Crippen LogP contribution >= 0.6 is 11.8 Å². The Morgan fingerprint density at radius 1 is 1.08 bits per heavy atom. The molecule has 0 saturated carbocycles. The highest BCUT2D eigenvalue weighted by Gasteiger charge is 2.16. The fourth-order valence-corrected chi connectivity index (χ4v) is 3.57. The first kappa shape index (κ1) is 17.4. The number of benzene rings is 1. The molecule has 0 atom stereocenters. The summed E-state index contributed by atoms with van der Waals surface area (Å²) in [6, 6.07) is 14.2. The molecule has 0 fully saturated rings. The average Bonchev–Trinajstić information content (AvgIpc) is 2.94. The maximum atomic E-state index is 12.6. The summed E-state index contributed by atoms with van der Waals surface area (Å²) in [5.41, 5.74) is 4.26. The van der Waals surface area contributed by atoms with E-state index in [2.05, 4.69) is 45.7 Å². The van der Waals surface area contributed by atoms with E-state index in [1.165, 1.54) is 17.3 Å². The van der Waals surface area contributed by atoms with Crippen LogP contribution in [0.1, 0.15) is 27.3 Å². The molecule has 0 N–H and O–H groups in total. The predicted octanol–water partition coefficient (Wildman–Crippen LogP) is 4.11. The molecule has 5 heteroatoms. The van der Waals surface area contributed by atoms with Crippen LogP contribution in [0.15, 0.2) is 60.0 Å². The van der Waals surface area contributed by atoms with Crippen LogP contribution in [0, 0.1) is 13.8 Å². The maximum Gasteiger partial charge on any atom is 0.187 e. The van der Waals surface area contributed by atoms with Crippen LogP contribution in [0.25, 0.3) is 0 Å². The number of hydrogen-bond donors (Lipinski definition) is 0. The summed E-state index contributed by atoms with van der Waals surface area (Å²) in [4.78, 5) is 20.9. The van der Waals surface area contributed by atoms with E-state index < -0.39 is 0 Å². The van der Waals surface area contributed by atoms with Gasteiger partial charge in [0.05, 0.1) is 5.75 Å². The van der Waals surface area contributed by atoms with Gasteiger partial charge in [0.25, 0.3) is 0 Å². The molecule has 4 nitrogen and oxygen atoms in total. The monoisotopic (exact) mass is 351 g/mol. The number of hydrogen-bond acceptors (Lipinski definition) is 4. The first-order valence-electron chi connectivity index (χ1n) is 8.29. The molecule has 0 aliphatic carbocycles. The minimum atomic E-state index is 0.122. The molecule has 0 aliphatic rings. The molecule has 0 aliphatic heterocycles. The molecule has 0 radical (unpaired) electrons. The number of aryl methyl sites for hydroxylation is 2. The Kier molecular flexibility index (Phi) is 5.66. The fourth-order valence-electron chi connectivity index (χ4n) is 2.88. The van der Waals surface area contributed by atoms with Gasteiger partial charge in [0, 0.05) is 35.9 Å². The lowest BCUT2D eigenvalue weighted by Crippen LogP contribution is -2.08. The number of aromatic nitrogens is 3. The van der Waals surface area contributed by atoms with Crippen molar-refractivity contribution in [3.8, 4) is 0 Å². The summed E-state index contributed by atoms with van der Waals surface area (Å²) in [5.74, 6) is 0.476. The highest BCUT2D eigenvalue weighted by atomic mass is 32.2. The molecular formula is C20H21N3OS. The number of ketones is 1. The molecule has 25 heavy (non-hydrogen) atoms. The summed E-state index contributed by atoms with van der Waals surface area (Å²) in [6.07, 6.45) is 4.34. The van der Waals surface area contributed by atoms with Crippen LogP contribution in [0.2, 0.25) is 0 Å². The summed E-state index contributed by atoms with van der Waals surface area (Å²) < 4.78 is 2.23. The van der Waals surface area contributed by atoms with Crippen LogP contribution in [-0.2, 0) is 13.0 Å². The van der Waals surface area contributed by atoms with Gasteiger partial charge in [0.1, 0.15) is 0 Å². The van der Waals surface area contributed by atoms with Crippen LogP contribution < -0.4 is 0 Å². The number of rotatable bonds is 7. The van der Waals surface area contributed by atoms with Gasteiger partial charge < -0.3 is 4.57 Å². The zero-order chi connectivity index (χ0) is 17.6. The van der Waals surface area contributed by atoms with Gasteiger partial charge in [-0.15, -0.1) is 0 Å². The van der Waals surface area contributed by atoms with E-state index >= 15 is 0 Å². The van der Waals surface area contributed by atoms with Crippen molar-refractivity contribution in [3.63, 3.8) is 0 Å². The van der Waals surface area contributed by atoms with Crippen molar-refractivity contribution in [2.45, 2.75) is 32.0 Å². The Bertz CT molecular complexity index is 844. The van der Waals surface area contributed by atoms with Crippen LogP contribution in [-0.4, -0.2) is 26.1 Å². The maximum absolute atomic E-state index is 12.6. The molecule has 0 unspecified atom stereocenters. The molecule has 128 valence electrons. The third-order valence-corrected chi connectivity index (χ3v) is 5.09. The van der Waals surface area contributed by atoms with E-state index in [1.807, 2.05) is 19.1 Å². The molecular weight excluding hydrogens is 330 g/mol. The molecule has 0 spiro atoms. The minimum absolute atomic E-state index is 0.122. The molecule has 0 saturated heterocycles. The van der Waals surface area contributed by atoms with Crippen molar-refractivity contribution in [3.05, 3.63) is 77.4 Å². The Morgan fingerprint density at radius 3 is 2.52 bits per heavy atom. The topological polar surface area (TPSA) is 47.8 Å². The van der Waals surface area contributed by atoms with Crippen LogP contribution in [0.4, 0.5) is 0 Å². The number of carbonyl (C=O) groups excluding carboxylic acids is 1. The second-order valence-electron chi connectivity index (χ2n) is 5.92. The van der Waals surface area contributed by atoms with Gasteiger partial charge in [-0.2, -0.15) is 0 Å². The van der Waals surface area contributed by atoms with Gasteiger partial charge >= 0.3 is 0 Å². The second-order valence-corrected chi connectivity index (χ2v) is 6.86. The van der Waals surface area contributed by atoms with Gasteiger partial charge in [0.15, 0.2) is 10.9 Å². The van der Waals surface area contributed by atoms with Crippen LogP contribution in [0.3, 0.4) is 0 Å². The van der Waals surface area contributed by atoms with Gasteiger partial charge in [-0.05, 0) is 38.0 Å². The van der Waals surface area contributed by atoms with Crippen molar-refractivity contribution < 1.29 is 4.79 Å². The van der Waals surface area contributed by atoms with Gasteiger partial charge in [-0.3, -0.25) is 4.79 Å². The Morgan fingerprint density at radius 2 is 1.80 bits per heavy atom. The standard InChI is InChI=1S/C20H21N3OS/c1-15-13-18(19(24)14-25-20-21-10-6-11-22-20)16(2)23(15)12-9-17-7-4-3-5-8-17/h3-8,10-11,13H,9,12,14H2,1-2H3. The van der Waals surface area contributed by atoms with Crippen molar-refractivity contribution in [1.29, 1.82) is 0 Å². The van der Waals surface area contributed by atoms with E-state index in [0.717, 1.165) is 29.9 Å². The number of nitrogens with zero attached hydrogens (tertiary/aromatic N) is 3. The first-order chi connectivity index (χ1) is 12.1. The quantitative estimate of drug-likeness (QED) is 0.365. The molecule has 0 bridgehead atoms. The molecule has 3 rings (SSSR count). The summed E-state index contributed by atoms with van der Waals surface area (Å²) in [6.45, 7) is 4.96. The lowest BCUT2D eigenvalue weighted by molar-refractivity contribution is 0.102. The van der Waals surface area contributed by atoms with Gasteiger partial charge in [-0.25, -0.2) is 9.97 Å². The van der Waals surface area contributed by atoms with E-state index in [1.54, 1.807) is 18.5 Å². The SMILES string of the molecule is Cc1cc(C(=O)CSc2ncccn2)c(C)n1CCc1ccccc1. The van der Waals surface area contributed by atoms with E-state index in [-0.39, 0.29) is 5.78 Å². The zero-order valence-electron chi connectivity index (χ0n) is 14.5. The van der Waals surface area contributed by atoms with Gasteiger partial charge in [-0.1, -0.05) is 42.1 Å². The Hall–Kier alpha value is -2.40. The smallest absolute Gasteiger partial charge is 0.187 e. The molecule has 2 heterocycles. The molecule has 2 aromatic heterocycles. The van der Waals surface area contributed by atoms with Gasteiger partial charge in [0.2, 0.25) is 0 Å². The second kappa shape index (κ2) is 8.12. The first-order valence-corrected chi connectivity index (χ1v) is 9.27. The normalized spacial score (nSPS) is 10.8. The lowest BCUT2D eigenvalue weighted by Gasteiger charge is -2.10. The van der Waals surface area contributed by atoms with Crippen molar-refractivity contribution in [2.24, 2.45) is 0 Å². The lowest BCUT2D eigenvalue weighted by atomic mass is 10.1. The van der Waals surface area contributed by atoms with E-state index in [4.69, 9.17) is 0 Å². The van der Waals surface area contributed by atoms with E-state index in [0.29, 0.717) is 10.9 Å². The third kappa shape index (κ3) is 4.37. The summed E-state index contributed by atoms with van der Waals surface area (Å²) in [7, 11) is 0. The molecule has 1 aromatic carbocycles. The highest BCUT2D eigenvalue weighted by Crippen LogP contribution is 2.20. The third-order valence-electron chi connectivity index (χ3n) is 4.22. The van der Waals surface area contributed by atoms with Crippen molar-refractivity contribution >= 4 is 17.5 Å². The molecule has 3 aromatic rings. The number of thioether (sulfide) groups is 1. The summed E-state index contributed by atoms with van der Waals surface area (Å²) in [5, 5.41) is 0.633. The fraction of sp³-hybridized carbons (Fsp3) is 0.250. The van der Waals surface area contributed by atoms with Crippen LogP contribution in [0.5, 0.6) is 0 Å². The number of Topliss-reactive ketones (excluding diaryl/α,β-unsaturated/α-hetero) is 1. The Labute approximate surface area is 152 Å². The summed E-state index contributed by atoms with van der Waals surface area (Å²) >= 11 is 1.38. The van der Waals surface area contributed by atoms with E-state index in [9.17, 15) is 4.79 Å². The van der Waals surface area contributed by atoms with Crippen molar-refractivity contribution in [2.75, 3.05) is 5.75 Å². The number of carbonyl (C=O) groups is 1. The zero-order valence-corrected chi connectivity index (χ0v) is 15.3. The largest absolute Gasteiger partial charge is 0.348 e. The minimum Gasteiger partial charge on any atom is -0.348 e. The van der Waals surface area contributed by atoms with Crippen molar-refractivity contribution in [1.82, 2.24) is 14.5 Å². The average molecular weight is 351 g/mol. The molecule has 0 amide bonds. The predicted molar refractivity (Wildman–Crippen MR) is 101 cm³/mol. The Balaban J connectivity index is 1.67.